The highest BCUT2D eigenvalue weighted by Gasteiger charge is 2.27. The number of hydrogen-bond acceptors (Lipinski definition) is 4. The molecule has 6 nitrogen and oxygen atoms in total. The summed E-state index contributed by atoms with van der Waals surface area (Å²) < 4.78 is 0. The highest BCUT2D eigenvalue weighted by molar-refractivity contribution is 5.72. The Hall–Kier alpha value is -1.30. The SMILES string of the molecule is NOC(=O)C1CCN(C(=O)O)CC1. The minimum absolute atomic E-state index is 0.249. The van der Waals surface area contributed by atoms with Gasteiger partial charge in [0, 0.05) is 13.1 Å². The topological polar surface area (TPSA) is 92.9 Å². The van der Waals surface area contributed by atoms with E-state index in [1.54, 1.807) is 0 Å². The molecule has 0 saturated carbocycles. The van der Waals surface area contributed by atoms with E-state index < -0.39 is 12.1 Å². The molecular weight excluding hydrogens is 176 g/mol. The molecule has 74 valence electrons. The third-order valence-electron chi connectivity index (χ3n) is 2.21. The Morgan fingerprint density at radius 3 is 2.31 bits per heavy atom. The monoisotopic (exact) mass is 188 g/mol. The lowest BCUT2D eigenvalue weighted by molar-refractivity contribution is -0.150. The van der Waals surface area contributed by atoms with Crippen molar-refractivity contribution in [3.05, 3.63) is 0 Å². The zero-order valence-electron chi connectivity index (χ0n) is 7.10. The van der Waals surface area contributed by atoms with E-state index in [-0.39, 0.29) is 5.92 Å². The van der Waals surface area contributed by atoms with Crippen LogP contribution in [0.1, 0.15) is 12.8 Å². The van der Waals surface area contributed by atoms with Gasteiger partial charge < -0.3 is 14.8 Å². The molecule has 1 saturated heterocycles. The predicted octanol–water partition coefficient (Wildman–Crippen LogP) is -0.207. The number of rotatable bonds is 1. The summed E-state index contributed by atoms with van der Waals surface area (Å²) in [6, 6.07) is 0. The minimum atomic E-state index is -0.945. The van der Waals surface area contributed by atoms with E-state index in [4.69, 9.17) is 11.0 Å². The molecule has 1 aliphatic heterocycles. The molecule has 1 fully saturated rings. The van der Waals surface area contributed by atoms with E-state index in [1.165, 1.54) is 4.90 Å². The van der Waals surface area contributed by atoms with Crippen LogP contribution in [0.25, 0.3) is 0 Å². The molecule has 1 amide bonds. The molecule has 6 heteroatoms. The van der Waals surface area contributed by atoms with Crippen molar-refractivity contribution in [3.63, 3.8) is 0 Å². The Bertz CT molecular complexity index is 211. The number of likely N-dealkylation sites (tertiary alicyclic amines) is 1. The molecule has 0 unspecified atom stereocenters. The molecular formula is C7H12N2O4. The van der Waals surface area contributed by atoms with Crippen molar-refractivity contribution >= 4 is 12.1 Å². The molecule has 1 heterocycles. The van der Waals surface area contributed by atoms with Crippen LogP contribution in [0.15, 0.2) is 0 Å². The second-order valence-electron chi connectivity index (χ2n) is 2.98. The standard InChI is InChI=1S/C7H12N2O4/c8-13-6(10)5-1-3-9(4-2-5)7(11)12/h5H,1-4,8H2,(H,11,12). The van der Waals surface area contributed by atoms with E-state index in [2.05, 4.69) is 4.84 Å². The quantitative estimate of drug-likeness (QED) is 0.555. The summed E-state index contributed by atoms with van der Waals surface area (Å²) >= 11 is 0. The first-order valence-corrected chi connectivity index (χ1v) is 4.03. The molecule has 0 aromatic rings. The van der Waals surface area contributed by atoms with Crippen LogP contribution in [-0.4, -0.2) is 35.2 Å². The molecule has 0 atom stereocenters. The summed E-state index contributed by atoms with van der Waals surface area (Å²) in [7, 11) is 0. The molecule has 0 aromatic carbocycles. The Balaban J connectivity index is 2.39. The van der Waals surface area contributed by atoms with Gasteiger partial charge >= 0.3 is 12.1 Å². The molecule has 0 spiro atoms. The summed E-state index contributed by atoms with van der Waals surface area (Å²) in [4.78, 5) is 26.8. The van der Waals surface area contributed by atoms with Crippen molar-refractivity contribution in [2.45, 2.75) is 12.8 Å². The van der Waals surface area contributed by atoms with Gasteiger partial charge in [0.2, 0.25) is 0 Å². The first-order valence-electron chi connectivity index (χ1n) is 4.03. The molecule has 3 N–H and O–H groups in total. The maximum absolute atomic E-state index is 10.9. The van der Waals surface area contributed by atoms with Gasteiger partial charge in [-0.1, -0.05) is 0 Å². The molecule has 0 bridgehead atoms. The average molecular weight is 188 g/mol. The van der Waals surface area contributed by atoms with Crippen molar-refractivity contribution in [1.82, 2.24) is 4.90 Å². The summed E-state index contributed by atoms with van der Waals surface area (Å²) in [6.45, 7) is 0.740. The predicted molar refractivity (Wildman–Crippen MR) is 42.6 cm³/mol. The van der Waals surface area contributed by atoms with Gasteiger partial charge in [-0.2, -0.15) is 5.90 Å². The molecule has 1 rings (SSSR count). The fraction of sp³-hybridized carbons (Fsp3) is 0.714. The summed E-state index contributed by atoms with van der Waals surface area (Å²) in [6.07, 6.45) is 0.0320. The van der Waals surface area contributed by atoms with Crippen molar-refractivity contribution in [2.24, 2.45) is 11.8 Å². The van der Waals surface area contributed by atoms with Gasteiger partial charge in [0.25, 0.3) is 0 Å². The maximum atomic E-state index is 10.9. The zero-order valence-corrected chi connectivity index (χ0v) is 7.10. The van der Waals surface area contributed by atoms with Gasteiger partial charge in [0.05, 0.1) is 5.92 Å². The summed E-state index contributed by atoms with van der Waals surface area (Å²) in [5.74, 6) is 4.01. The fourth-order valence-electron chi connectivity index (χ4n) is 1.40. The van der Waals surface area contributed by atoms with Gasteiger partial charge in [0.15, 0.2) is 0 Å². The molecule has 0 aromatic heterocycles. The Labute approximate surface area is 75.2 Å². The van der Waals surface area contributed by atoms with Gasteiger partial charge in [-0.25, -0.2) is 4.79 Å². The lowest BCUT2D eigenvalue weighted by Gasteiger charge is -2.27. The first kappa shape index (κ1) is 9.79. The van der Waals surface area contributed by atoms with Crippen molar-refractivity contribution in [2.75, 3.05) is 13.1 Å². The number of nitrogens with zero attached hydrogens (tertiary/aromatic N) is 1. The van der Waals surface area contributed by atoms with Crippen LogP contribution in [-0.2, 0) is 9.63 Å². The molecule has 0 radical (unpaired) electrons. The second kappa shape index (κ2) is 4.08. The van der Waals surface area contributed by atoms with E-state index in [1.807, 2.05) is 0 Å². The van der Waals surface area contributed by atoms with E-state index in [0.717, 1.165) is 0 Å². The van der Waals surface area contributed by atoms with Gasteiger partial charge in [0.1, 0.15) is 0 Å². The molecule has 1 aliphatic rings. The van der Waals surface area contributed by atoms with Gasteiger partial charge in [-0.15, -0.1) is 0 Å². The number of hydrogen-bond donors (Lipinski definition) is 2. The fourth-order valence-corrected chi connectivity index (χ4v) is 1.40. The third-order valence-corrected chi connectivity index (χ3v) is 2.21. The van der Waals surface area contributed by atoms with Crippen molar-refractivity contribution < 1.29 is 19.5 Å². The summed E-state index contributed by atoms with van der Waals surface area (Å²) in [5, 5.41) is 8.61. The third kappa shape index (κ3) is 2.32. The lowest BCUT2D eigenvalue weighted by atomic mass is 9.97. The number of amides is 1. The van der Waals surface area contributed by atoms with Crippen LogP contribution >= 0.6 is 0 Å². The lowest BCUT2D eigenvalue weighted by Crippen LogP contribution is -2.40. The van der Waals surface area contributed by atoms with Crippen molar-refractivity contribution in [3.8, 4) is 0 Å². The van der Waals surface area contributed by atoms with E-state index in [9.17, 15) is 9.59 Å². The average Bonchev–Trinajstić information content (AvgIpc) is 2.17. The zero-order chi connectivity index (χ0) is 9.84. The minimum Gasteiger partial charge on any atom is -0.465 e. The molecule has 13 heavy (non-hydrogen) atoms. The van der Waals surface area contributed by atoms with Gasteiger partial charge in [-0.05, 0) is 12.8 Å². The Morgan fingerprint density at radius 1 is 1.38 bits per heavy atom. The Morgan fingerprint density at radius 2 is 1.92 bits per heavy atom. The highest BCUT2D eigenvalue weighted by atomic mass is 16.7. The highest BCUT2D eigenvalue weighted by Crippen LogP contribution is 2.17. The largest absolute Gasteiger partial charge is 0.465 e. The van der Waals surface area contributed by atoms with Crippen LogP contribution in [0.3, 0.4) is 0 Å². The van der Waals surface area contributed by atoms with Crippen LogP contribution in [0.5, 0.6) is 0 Å². The van der Waals surface area contributed by atoms with Crippen LogP contribution in [0.2, 0.25) is 0 Å². The number of piperidine rings is 1. The number of carboxylic acid groups (broad SMARTS) is 1. The smallest absolute Gasteiger partial charge is 0.407 e. The van der Waals surface area contributed by atoms with Crippen LogP contribution in [0, 0.1) is 5.92 Å². The Kier molecular flexibility index (Phi) is 3.07. The number of carbonyl (C=O) groups is 2. The van der Waals surface area contributed by atoms with E-state index >= 15 is 0 Å². The van der Waals surface area contributed by atoms with Crippen LogP contribution < -0.4 is 5.90 Å². The maximum Gasteiger partial charge on any atom is 0.407 e. The molecule has 0 aliphatic carbocycles. The number of carbonyl (C=O) groups excluding carboxylic acids is 1. The first-order chi connectivity index (χ1) is 6.15. The second-order valence-corrected chi connectivity index (χ2v) is 2.98. The van der Waals surface area contributed by atoms with Gasteiger partial charge in [-0.3, -0.25) is 4.79 Å². The van der Waals surface area contributed by atoms with E-state index in [0.29, 0.717) is 25.9 Å². The summed E-state index contributed by atoms with van der Waals surface area (Å²) in [5.41, 5.74) is 0. The number of nitrogens with two attached hydrogens (primary N) is 1. The van der Waals surface area contributed by atoms with Crippen LogP contribution in [0.4, 0.5) is 4.79 Å². The van der Waals surface area contributed by atoms with Crippen molar-refractivity contribution in [1.29, 1.82) is 0 Å². The normalized spacial score (nSPS) is 18.4.